The molecule has 0 bridgehead atoms. The number of thiophene rings is 1. The Morgan fingerprint density at radius 3 is 2.85 bits per heavy atom. The van der Waals surface area contributed by atoms with Crippen LogP contribution in [0.1, 0.15) is 11.3 Å². The number of rotatable bonds is 4. The van der Waals surface area contributed by atoms with Gasteiger partial charge in [-0.15, -0.1) is 11.3 Å². The second-order valence-electron chi connectivity index (χ2n) is 3.99. The Labute approximate surface area is 119 Å². The van der Waals surface area contributed by atoms with E-state index in [4.69, 9.17) is 9.68 Å². The van der Waals surface area contributed by atoms with Crippen molar-refractivity contribution >= 4 is 17.2 Å². The highest BCUT2D eigenvalue weighted by Gasteiger charge is 2.14. The highest BCUT2D eigenvalue weighted by Crippen LogP contribution is 2.28. The summed E-state index contributed by atoms with van der Waals surface area (Å²) in [5.74, 6) is 0.862. The zero-order valence-corrected chi connectivity index (χ0v) is 11.2. The van der Waals surface area contributed by atoms with Crippen LogP contribution in [0.3, 0.4) is 0 Å². The van der Waals surface area contributed by atoms with Gasteiger partial charge in [0.1, 0.15) is 6.07 Å². The third kappa shape index (κ3) is 2.53. The summed E-state index contributed by atoms with van der Waals surface area (Å²) in [6.07, 6.45) is 3.44. The molecule has 1 N–H and O–H groups in total. The molecule has 0 aliphatic rings. The van der Waals surface area contributed by atoms with Gasteiger partial charge in [0.05, 0.1) is 4.88 Å². The zero-order chi connectivity index (χ0) is 13.8. The van der Waals surface area contributed by atoms with Gasteiger partial charge >= 0.3 is 0 Å². The Morgan fingerprint density at radius 1 is 1.30 bits per heavy atom. The first kappa shape index (κ1) is 12.4. The third-order valence-corrected chi connectivity index (χ3v) is 3.53. The van der Waals surface area contributed by atoms with Crippen molar-refractivity contribution in [2.24, 2.45) is 0 Å². The average molecular weight is 282 g/mol. The number of anilines is 1. The monoisotopic (exact) mass is 282 g/mol. The van der Waals surface area contributed by atoms with Crippen LogP contribution < -0.4 is 5.32 Å². The van der Waals surface area contributed by atoms with Crippen molar-refractivity contribution in [2.45, 2.75) is 6.54 Å². The zero-order valence-electron chi connectivity index (χ0n) is 10.4. The van der Waals surface area contributed by atoms with E-state index in [1.807, 2.05) is 35.7 Å². The molecule has 0 atom stereocenters. The Morgan fingerprint density at radius 2 is 2.15 bits per heavy atom. The summed E-state index contributed by atoms with van der Waals surface area (Å²) in [6, 6.07) is 9.66. The molecule has 20 heavy (non-hydrogen) atoms. The number of nitrogens with zero attached hydrogens (tertiary/aromatic N) is 3. The molecule has 3 aromatic rings. The van der Waals surface area contributed by atoms with Crippen molar-refractivity contribution in [3.05, 3.63) is 53.3 Å². The van der Waals surface area contributed by atoms with Crippen LogP contribution in [0.15, 0.2) is 46.5 Å². The van der Waals surface area contributed by atoms with E-state index in [9.17, 15) is 0 Å². The first-order valence-electron chi connectivity index (χ1n) is 5.94. The van der Waals surface area contributed by atoms with Gasteiger partial charge in [-0.3, -0.25) is 4.98 Å². The van der Waals surface area contributed by atoms with Gasteiger partial charge in [-0.05, 0) is 29.1 Å². The van der Waals surface area contributed by atoms with Crippen molar-refractivity contribution in [1.82, 2.24) is 9.97 Å². The van der Waals surface area contributed by atoms with Crippen LogP contribution in [-0.2, 0) is 6.54 Å². The largest absolute Gasteiger partial charge is 0.418 e. The van der Waals surface area contributed by atoms with Crippen LogP contribution in [0.25, 0.3) is 10.8 Å². The number of hydrogen-bond acceptors (Lipinski definition) is 6. The molecular formula is C14H10N4OS. The van der Waals surface area contributed by atoms with E-state index < -0.39 is 0 Å². The fourth-order valence-corrected chi connectivity index (χ4v) is 2.35. The predicted molar refractivity (Wildman–Crippen MR) is 76.1 cm³/mol. The average Bonchev–Trinajstić information content (AvgIpc) is 3.15. The molecule has 0 spiro atoms. The molecule has 6 heteroatoms. The quantitative estimate of drug-likeness (QED) is 0.794. The van der Waals surface area contributed by atoms with Crippen molar-refractivity contribution < 1.29 is 4.42 Å². The summed E-state index contributed by atoms with van der Waals surface area (Å²) in [5, 5.41) is 14.1. The molecule has 0 radical (unpaired) electrons. The maximum Gasteiger partial charge on any atom is 0.240 e. The molecule has 3 aromatic heterocycles. The molecule has 5 nitrogen and oxygen atoms in total. The lowest BCUT2D eigenvalue weighted by Crippen LogP contribution is -1.99. The summed E-state index contributed by atoms with van der Waals surface area (Å²) < 4.78 is 5.62. The van der Waals surface area contributed by atoms with E-state index in [2.05, 4.69) is 15.3 Å². The highest BCUT2D eigenvalue weighted by molar-refractivity contribution is 7.13. The van der Waals surface area contributed by atoms with E-state index in [0.717, 1.165) is 10.4 Å². The summed E-state index contributed by atoms with van der Waals surface area (Å²) in [6.45, 7) is 0.552. The Kier molecular flexibility index (Phi) is 3.44. The van der Waals surface area contributed by atoms with Gasteiger partial charge in [0, 0.05) is 18.9 Å². The Hall–Kier alpha value is -2.65. The lowest BCUT2D eigenvalue weighted by Gasteiger charge is -2.02. The number of nitriles is 1. The van der Waals surface area contributed by atoms with Crippen LogP contribution in [-0.4, -0.2) is 9.97 Å². The molecule has 0 aliphatic carbocycles. The molecule has 0 unspecified atom stereocenters. The molecule has 0 saturated heterocycles. The highest BCUT2D eigenvalue weighted by atomic mass is 32.1. The smallest absolute Gasteiger partial charge is 0.240 e. The molecule has 0 saturated carbocycles. The van der Waals surface area contributed by atoms with Gasteiger partial charge in [0.15, 0.2) is 0 Å². The minimum absolute atomic E-state index is 0.266. The summed E-state index contributed by atoms with van der Waals surface area (Å²) >= 11 is 1.52. The molecule has 0 aliphatic heterocycles. The molecule has 0 aromatic carbocycles. The Bertz CT molecular complexity index is 728. The first-order valence-corrected chi connectivity index (χ1v) is 6.82. The minimum Gasteiger partial charge on any atom is -0.418 e. The summed E-state index contributed by atoms with van der Waals surface area (Å²) in [5.41, 5.74) is 1.32. The van der Waals surface area contributed by atoms with Crippen LogP contribution >= 0.6 is 11.3 Å². The molecular weight excluding hydrogens is 272 g/mol. The molecule has 0 amide bonds. The lowest BCUT2D eigenvalue weighted by molar-refractivity contribution is 0.586. The second kappa shape index (κ2) is 5.55. The van der Waals surface area contributed by atoms with E-state index in [0.29, 0.717) is 18.3 Å². The lowest BCUT2D eigenvalue weighted by atomic mass is 10.3. The number of pyridine rings is 1. The van der Waals surface area contributed by atoms with Gasteiger partial charge in [-0.2, -0.15) is 10.2 Å². The van der Waals surface area contributed by atoms with Crippen molar-refractivity contribution in [1.29, 1.82) is 5.26 Å². The fourth-order valence-electron chi connectivity index (χ4n) is 1.70. The minimum atomic E-state index is 0.266. The number of hydrogen-bond donors (Lipinski definition) is 1. The summed E-state index contributed by atoms with van der Waals surface area (Å²) in [4.78, 5) is 9.05. The van der Waals surface area contributed by atoms with Crippen LogP contribution in [0, 0.1) is 11.3 Å². The molecule has 3 rings (SSSR count). The number of nitrogens with one attached hydrogen (secondary N) is 1. The van der Waals surface area contributed by atoms with E-state index >= 15 is 0 Å². The fraction of sp³-hybridized carbons (Fsp3) is 0.0714. The van der Waals surface area contributed by atoms with E-state index in [-0.39, 0.29) is 5.69 Å². The second-order valence-corrected chi connectivity index (χ2v) is 4.94. The van der Waals surface area contributed by atoms with Crippen molar-refractivity contribution in [3.63, 3.8) is 0 Å². The van der Waals surface area contributed by atoms with Crippen LogP contribution in [0.2, 0.25) is 0 Å². The normalized spacial score (nSPS) is 10.2. The van der Waals surface area contributed by atoms with Gasteiger partial charge in [0.2, 0.25) is 17.5 Å². The summed E-state index contributed by atoms with van der Waals surface area (Å²) in [7, 11) is 0. The third-order valence-electron chi connectivity index (χ3n) is 2.67. The van der Waals surface area contributed by atoms with Crippen LogP contribution in [0.4, 0.5) is 5.88 Å². The first-order chi connectivity index (χ1) is 9.86. The molecule has 3 heterocycles. The predicted octanol–water partition coefficient (Wildman–Crippen LogP) is 3.28. The van der Waals surface area contributed by atoms with E-state index in [1.165, 1.54) is 11.3 Å². The van der Waals surface area contributed by atoms with Gasteiger partial charge < -0.3 is 9.73 Å². The van der Waals surface area contributed by atoms with E-state index in [1.54, 1.807) is 12.4 Å². The van der Waals surface area contributed by atoms with Crippen LogP contribution in [0.5, 0.6) is 0 Å². The maximum atomic E-state index is 9.11. The molecule has 98 valence electrons. The van der Waals surface area contributed by atoms with Gasteiger partial charge in [0.25, 0.3) is 0 Å². The topological polar surface area (TPSA) is 74.7 Å². The molecule has 0 fully saturated rings. The van der Waals surface area contributed by atoms with Gasteiger partial charge in [-0.1, -0.05) is 6.07 Å². The van der Waals surface area contributed by atoms with Gasteiger partial charge in [-0.25, -0.2) is 0 Å². The number of aromatic nitrogens is 2. The Balaban J connectivity index is 1.81. The van der Waals surface area contributed by atoms with Crippen molar-refractivity contribution in [2.75, 3.05) is 5.32 Å². The SMILES string of the molecule is N#Cc1nc(-c2cccs2)oc1NCc1ccncc1. The number of oxazole rings is 1. The van der Waals surface area contributed by atoms with Crippen molar-refractivity contribution in [3.8, 4) is 16.8 Å². The maximum absolute atomic E-state index is 9.11. The standard InChI is InChI=1S/C14H10N4OS/c15-8-11-13(17-9-10-3-5-16-6-4-10)19-14(18-11)12-2-1-7-20-12/h1-7,17H,9H2.